The van der Waals surface area contributed by atoms with Gasteiger partial charge in [0.1, 0.15) is 0 Å². The minimum Gasteiger partial charge on any atom is -0.393 e. The van der Waals surface area contributed by atoms with Crippen molar-refractivity contribution in [1.29, 1.82) is 0 Å². The molecule has 2 heteroatoms. The maximum Gasteiger partial charge on any atom is 0.0540 e. The van der Waals surface area contributed by atoms with Crippen molar-refractivity contribution in [3.63, 3.8) is 0 Å². The van der Waals surface area contributed by atoms with E-state index in [-0.39, 0.29) is 6.10 Å². The lowest BCUT2D eigenvalue weighted by Gasteiger charge is -2.41. The predicted octanol–water partition coefficient (Wildman–Crippen LogP) is 2.09. The molecular formula is C14H23NO. The number of rotatable bonds is 3. The SMILES string of the molecule is OC1CCC(CNC2CC3CC=CC32)CC1. The van der Waals surface area contributed by atoms with Gasteiger partial charge in [-0.2, -0.15) is 0 Å². The van der Waals surface area contributed by atoms with Gasteiger partial charge in [0.05, 0.1) is 6.10 Å². The first-order valence-corrected chi connectivity index (χ1v) is 6.91. The van der Waals surface area contributed by atoms with Crippen LogP contribution in [-0.2, 0) is 0 Å². The van der Waals surface area contributed by atoms with Gasteiger partial charge in [-0.15, -0.1) is 0 Å². The number of hydrogen-bond acceptors (Lipinski definition) is 2. The summed E-state index contributed by atoms with van der Waals surface area (Å²) in [4.78, 5) is 0. The van der Waals surface area contributed by atoms with Crippen molar-refractivity contribution in [3.05, 3.63) is 12.2 Å². The minimum atomic E-state index is -0.0119. The molecule has 0 heterocycles. The first kappa shape index (κ1) is 10.8. The molecule has 3 unspecified atom stereocenters. The molecule has 3 aliphatic rings. The molecule has 0 aliphatic heterocycles. The van der Waals surface area contributed by atoms with Crippen molar-refractivity contribution < 1.29 is 5.11 Å². The molecule has 0 aromatic carbocycles. The second-order valence-electron chi connectivity index (χ2n) is 5.93. The molecule has 0 amide bonds. The quantitative estimate of drug-likeness (QED) is 0.715. The molecule has 0 aromatic rings. The van der Waals surface area contributed by atoms with E-state index in [0.29, 0.717) is 0 Å². The van der Waals surface area contributed by atoms with Crippen LogP contribution in [0.15, 0.2) is 12.2 Å². The zero-order chi connectivity index (χ0) is 11.0. The van der Waals surface area contributed by atoms with Crippen LogP contribution in [0.3, 0.4) is 0 Å². The van der Waals surface area contributed by atoms with E-state index in [2.05, 4.69) is 17.5 Å². The predicted molar refractivity (Wildman–Crippen MR) is 65.1 cm³/mol. The lowest BCUT2D eigenvalue weighted by Crippen LogP contribution is -2.49. The van der Waals surface area contributed by atoms with E-state index in [0.717, 1.165) is 36.6 Å². The summed E-state index contributed by atoms with van der Waals surface area (Å²) in [6, 6.07) is 0.760. The number of nitrogens with one attached hydrogen (secondary N) is 1. The molecule has 3 rings (SSSR count). The average Bonchev–Trinajstić information content (AvgIpc) is 2.63. The van der Waals surface area contributed by atoms with Crippen molar-refractivity contribution in [3.8, 4) is 0 Å². The van der Waals surface area contributed by atoms with Crippen molar-refractivity contribution in [2.75, 3.05) is 6.54 Å². The lowest BCUT2D eigenvalue weighted by molar-refractivity contribution is 0.100. The van der Waals surface area contributed by atoms with E-state index in [1.54, 1.807) is 0 Å². The summed E-state index contributed by atoms with van der Waals surface area (Å²) in [5.74, 6) is 2.62. The highest BCUT2D eigenvalue weighted by atomic mass is 16.3. The summed E-state index contributed by atoms with van der Waals surface area (Å²) in [7, 11) is 0. The van der Waals surface area contributed by atoms with Crippen LogP contribution in [0.1, 0.15) is 38.5 Å². The minimum absolute atomic E-state index is 0.0119. The van der Waals surface area contributed by atoms with Crippen LogP contribution >= 0.6 is 0 Å². The van der Waals surface area contributed by atoms with E-state index in [4.69, 9.17) is 0 Å². The summed E-state index contributed by atoms with van der Waals surface area (Å²) in [5.41, 5.74) is 0. The Hall–Kier alpha value is -0.340. The van der Waals surface area contributed by atoms with Crippen molar-refractivity contribution in [2.24, 2.45) is 17.8 Å². The topological polar surface area (TPSA) is 32.3 Å². The monoisotopic (exact) mass is 221 g/mol. The summed E-state index contributed by atoms with van der Waals surface area (Å²) >= 11 is 0. The molecule has 0 saturated heterocycles. The van der Waals surface area contributed by atoms with Gasteiger partial charge >= 0.3 is 0 Å². The maximum atomic E-state index is 9.46. The number of hydrogen-bond donors (Lipinski definition) is 2. The van der Waals surface area contributed by atoms with E-state index in [1.807, 2.05) is 0 Å². The molecule has 3 atom stereocenters. The van der Waals surface area contributed by atoms with Crippen LogP contribution < -0.4 is 5.32 Å². The molecule has 90 valence electrons. The van der Waals surface area contributed by atoms with Gasteiger partial charge in [-0.05, 0) is 62.8 Å². The van der Waals surface area contributed by atoms with Crippen LogP contribution in [0.2, 0.25) is 0 Å². The molecule has 0 aromatic heterocycles. The highest BCUT2D eigenvalue weighted by Gasteiger charge is 2.40. The number of aliphatic hydroxyl groups excluding tert-OH is 1. The van der Waals surface area contributed by atoms with Gasteiger partial charge in [0, 0.05) is 6.04 Å². The third-order valence-electron chi connectivity index (χ3n) is 4.85. The van der Waals surface area contributed by atoms with Gasteiger partial charge in [-0.1, -0.05) is 12.2 Å². The lowest BCUT2D eigenvalue weighted by atomic mass is 9.71. The summed E-state index contributed by atoms with van der Waals surface area (Å²) in [6.07, 6.45) is 11.9. The van der Waals surface area contributed by atoms with Gasteiger partial charge in [-0.3, -0.25) is 0 Å². The molecule has 16 heavy (non-hydrogen) atoms. The first-order chi connectivity index (χ1) is 7.83. The van der Waals surface area contributed by atoms with Crippen LogP contribution in [0.4, 0.5) is 0 Å². The second kappa shape index (κ2) is 4.50. The molecule has 2 saturated carbocycles. The fourth-order valence-corrected chi connectivity index (χ4v) is 3.61. The molecule has 0 spiro atoms. The highest BCUT2D eigenvalue weighted by Crippen LogP contribution is 2.42. The third kappa shape index (κ3) is 2.05. The smallest absolute Gasteiger partial charge is 0.0540 e. The molecule has 0 bridgehead atoms. The van der Waals surface area contributed by atoms with Crippen LogP contribution in [0, 0.1) is 17.8 Å². The molecule has 2 nitrogen and oxygen atoms in total. The Morgan fingerprint density at radius 2 is 2.00 bits per heavy atom. The van der Waals surface area contributed by atoms with E-state index < -0.39 is 0 Å². The highest BCUT2D eigenvalue weighted by molar-refractivity contribution is 5.12. The Kier molecular flexibility index (Phi) is 3.03. The first-order valence-electron chi connectivity index (χ1n) is 6.91. The Balaban J connectivity index is 1.39. The maximum absolute atomic E-state index is 9.46. The van der Waals surface area contributed by atoms with Crippen LogP contribution in [0.25, 0.3) is 0 Å². The van der Waals surface area contributed by atoms with Crippen molar-refractivity contribution in [1.82, 2.24) is 5.32 Å². The van der Waals surface area contributed by atoms with Gasteiger partial charge in [0.15, 0.2) is 0 Å². The van der Waals surface area contributed by atoms with Crippen molar-refractivity contribution in [2.45, 2.75) is 50.7 Å². The Morgan fingerprint density at radius 1 is 1.19 bits per heavy atom. The number of allylic oxidation sites excluding steroid dienone is 1. The number of aliphatic hydroxyl groups is 1. The van der Waals surface area contributed by atoms with Gasteiger partial charge in [0.25, 0.3) is 0 Å². The van der Waals surface area contributed by atoms with Crippen molar-refractivity contribution >= 4 is 0 Å². The summed E-state index contributed by atoms with van der Waals surface area (Å²) < 4.78 is 0. The fourth-order valence-electron chi connectivity index (χ4n) is 3.61. The second-order valence-corrected chi connectivity index (χ2v) is 5.93. The zero-order valence-electron chi connectivity index (χ0n) is 9.94. The largest absolute Gasteiger partial charge is 0.393 e. The van der Waals surface area contributed by atoms with Crippen LogP contribution in [-0.4, -0.2) is 23.8 Å². The average molecular weight is 221 g/mol. The standard InChI is InChI=1S/C14H23NO/c16-12-6-4-10(5-7-12)9-15-14-8-11-2-1-3-13(11)14/h1,3,10-16H,2,4-9H2. The van der Waals surface area contributed by atoms with E-state index >= 15 is 0 Å². The molecule has 0 radical (unpaired) electrons. The Labute approximate surface area is 98.1 Å². The van der Waals surface area contributed by atoms with E-state index in [9.17, 15) is 5.11 Å². The normalized spacial score (nSPS) is 46.4. The summed E-state index contributed by atoms with van der Waals surface area (Å²) in [5, 5.41) is 13.2. The Morgan fingerprint density at radius 3 is 2.75 bits per heavy atom. The molecule has 2 fully saturated rings. The van der Waals surface area contributed by atoms with E-state index in [1.165, 1.54) is 32.2 Å². The summed E-state index contributed by atoms with van der Waals surface area (Å²) in [6.45, 7) is 1.18. The fraction of sp³-hybridized carbons (Fsp3) is 0.857. The molecule has 3 aliphatic carbocycles. The molecule has 2 N–H and O–H groups in total. The Bertz CT molecular complexity index is 268. The van der Waals surface area contributed by atoms with Gasteiger partial charge in [-0.25, -0.2) is 0 Å². The molecular weight excluding hydrogens is 198 g/mol. The third-order valence-corrected chi connectivity index (χ3v) is 4.85. The van der Waals surface area contributed by atoms with Crippen LogP contribution in [0.5, 0.6) is 0 Å². The zero-order valence-corrected chi connectivity index (χ0v) is 9.94. The van der Waals surface area contributed by atoms with Gasteiger partial charge in [0.2, 0.25) is 0 Å². The van der Waals surface area contributed by atoms with Gasteiger partial charge < -0.3 is 10.4 Å². The number of fused-ring (bicyclic) bond motifs is 1.